The molecule has 0 aromatic heterocycles. The van der Waals surface area contributed by atoms with Crippen molar-refractivity contribution in [3.8, 4) is 0 Å². The van der Waals surface area contributed by atoms with Crippen molar-refractivity contribution < 1.29 is 23.6 Å². The quantitative estimate of drug-likeness (QED) is 0.385. The highest BCUT2D eigenvalue weighted by Crippen LogP contribution is 2.42. The summed E-state index contributed by atoms with van der Waals surface area (Å²) in [5, 5.41) is 8.26. The Morgan fingerprint density at radius 3 is 2.62 bits per heavy atom. The van der Waals surface area contributed by atoms with Crippen LogP contribution in [0.4, 0.5) is 4.79 Å². The predicted octanol–water partition coefficient (Wildman–Crippen LogP) is 1.55. The van der Waals surface area contributed by atoms with Gasteiger partial charge in [-0.1, -0.05) is 25.1 Å². The number of amides is 3. The average Bonchev–Trinajstić information content (AvgIpc) is 3.51. The van der Waals surface area contributed by atoms with E-state index in [1.54, 1.807) is 30.4 Å². The van der Waals surface area contributed by atoms with Crippen LogP contribution in [0.15, 0.2) is 10.6 Å². The minimum Gasteiger partial charge on any atom is -0.450 e. The Balaban J connectivity index is 1.42. The largest absolute Gasteiger partial charge is 0.450 e. The number of likely N-dealkylation sites (N-methyl/N-ethyl adjacent to an activating group) is 2. The van der Waals surface area contributed by atoms with Gasteiger partial charge in [-0.2, -0.15) is 0 Å². The van der Waals surface area contributed by atoms with Crippen molar-refractivity contribution in [1.82, 2.24) is 25.8 Å². The van der Waals surface area contributed by atoms with Crippen LogP contribution >= 0.6 is 23.5 Å². The predicted molar refractivity (Wildman–Crippen MR) is 148 cm³/mol. The van der Waals surface area contributed by atoms with E-state index in [1.165, 1.54) is 23.4 Å². The van der Waals surface area contributed by atoms with Gasteiger partial charge in [-0.3, -0.25) is 14.9 Å². The zero-order chi connectivity index (χ0) is 26.6. The lowest BCUT2D eigenvalue weighted by Crippen LogP contribution is -2.67. The summed E-state index contributed by atoms with van der Waals surface area (Å²) >= 11 is 3.18. The summed E-state index contributed by atoms with van der Waals surface area (Å²) in [5.41, 5.74) is 1.22. The molecule has 208 valence electrons. The van der Waals surface area contributed by atoms with Crippen molar-refractivity contribution in [1.29, 1.82) is 0 Å². The zero-order valence-corrected chi connectivity index (χ0v) is 24.2. The summed E-state index contributed by atoms with van der Waals surface area (Å²) in [4.78, 5) is 44.0. The van der Waals surface area contributed by atoms with E-state index in [9.17, 15) is 14.4 Å². The smallest absolute Gasteiger partial charge is 0.413 e. The number of quaternary nitrogens is 1. The van der Waals surface area contributed by atoms with E-state index in [0.717, 1.165) is 55.9 Å². The molecule has 3 amide bonds. The van der Waals surface area contributed by atoms with Crippen LogP contribution in [0.25, 0.3) is 0 Å². The Labute approximate surface area is 229 Å². The first-order valence-corrected chi connectivity index (χ1v) is 15.5. The number of carbonyl (C=O) groups is 3. The molecular formula is C25H43N6O4S2+. The van der Waals surface area contributed by atoms with E-state index in [0.29, 0.717) is 6.42 Å². The molecule has 2 saturated heterocycles. The first-order valence-electron chi connectivity index (χ1n) is 13.6. The SMILES string of the molecule is CCCC[N+]1(C)CCC2=C(NC(C(=O)NC3SCCC3C(=O)NC(=O)OCC)S2)C1N1CCN(C)CC1. The summed E-state index contributed by atoms with van der Waals surface area (Å²) in [6, 6.07) is 0. The number of hydrogen-bond acceptors (Lipinski definition) is 9. The molecule has 5 unspecified atom stereocenters. The van der Waals surface area contributed by atoms with E-state index in [2.05, 4.69) is 46.8 Å². The molecule has 0 spiro atoms. The van der Waals surface area contributed by atoms with Crippen LogP contribution in [0.1, 0.15) is 39.5 Å². The van der Waals surface area contributed by atoms with Crippen LogP contribution in [0, 0.1) is 5.92 Å². The second-order valence-corrected chi connectivity index (χ2v) is 13.1. The number of hydrogen-bond donors (Lipinski definition) is 3. The first-order chi connectivity index (χ1) is 17.8. The molecule has 4 aliphatic rings. The van der Waals surface area contributed by atoms with Gasteiger partial charge in [0, 0.05) is 37.5 Å². The van der Waals surface area contributed by atoms with Crippen LogP contribution in [0.3, 0.4) is 0 Å². The van der Waals surface area contributed by atoms with E-state index in [-0.39, 0.29) is 24.1 Å². The number of thioether (sulfide) groups is 2. The summed E-state index contributed by atoms with van der Waals surface area (Å²) in [6.45, 7) is 10.5. The first kappa shape index (κ1) is 28.5. The molecule has 4 rings (SSSR count). The fourth-order valence-corrected chi connectivity index (χ4v) is 8.23. The van der Waals surface area contributed by atoms with Crippen molar-refractivity contribution in [2.24, 2.45) is 5.92 Å². The van der Waals surface area contributed by atoms with E-state index >= 15 is 0 Å². The van der Waals surface area contributed by atoms with E-state index < -0.39 is 23.3 Å². The molecule has 3 N–H and O–H groups in total. The molecule has 0 radical (unpaired) electrons. The molecular weight excluding hydrogens is 512 g/mol. The van der Waals surface area contributed by atoms with Crippen molar-refractivity contribution in [3.05, 3.63) is 10.6 Å². The van der Waals surface area contributed by atoms with Crippen molar-refractivity contribution >= 4 is 41.4 Å². The van der Waals surface area contributed by atoms with Gasteiger partial charge in [-0.05, 0) is 32.6 Å². The number of imide groups is 1. The van der Waals surface area contributed by atoms with Crippen LogP contribution in [0.2, 0.25) is 0 Å². The summed E-state index contributed by atoms with van der Waals surface area (Å²) in [5.74, 6) is -0.200. The molecule has 4 aliphatic heterocycles. The highest BCUT2D eigenvalue weighted by atomic mass is 32.2. The molecule has 4 heterocycles. The third-order valence-corrected chi connectivity index (χ3v) is 10.5. The number of nitrogens with one attached hydrogen (secondary N) is 3. The van der Waals surface area contributed by atoms with Crippen LogP contribution < -0.4 is 16.0 Å². The number of ether oxygens (including phenoxy) is 1. The zero-order valence-electron chi connectivity index (χ0n) is 22.6. The maximum absolute atomic E-state index is 13.4. The molecule has 2 fully saturated rings. The van der Waals surface area contributed by atoms with Crippen molar-refractivity contribution in [2.45, 2.75) is 56.4 Å². The molecule has 5 atom stereocenters. The second kappa shape index (κ2) is 12.6. The lowest BCUT2D eigenvalue weighted by molar-refractivity contribution is -0.941. The van der Waals surface area contributed by atoms with E-state index in [4.69, 9.17) is 4.74 Å². The van der Waals surface area contributed by atoms with Crippen molar-refractivity contribution in [2.75, 3.05) is 65.7 Å². The lowest BCUT2D eigenvalue weighted by atomic mass is 10.0. The maximum atomic E-state index is 13.4. The third kappa shape index (κ3) is 6.58. The van der Waals surface area contributed by atoms with E-state index in [1.807, 2.05) is 0 Å². The molecule has 0 aromatic carbocycles. The number of piperazine rings is 1. The molecule has 10 nitrogen and oxygen atoms in total. The monoisotopic (exact) mass is 555 g/mol. The third-order valence-electron chi connectivity index (χ3n) is 7.90. The minimum atomic E-state index is -0.737. The molecule has 0 saturated carbocycles. The number of unbranched alkanes of at least 4 members (excludes halogenated alkanes) is 1. The molecule has 12 heteroatoms. The van der Waals surface area contributed by atoms with Gasteiger partial charge in [0.1, 0.15) is 0 Å². The Bertz CT molecular complexity index is 896. The van der Waals surface area contributed by atoms with Crippen LogP contribution in [0.5, 0.6) is 0 Å². The van der Waals surface area contributed by atoms with Gasteiger partial charge in [0.2, 0.25) is 5.91 Å². The fourth-order valence-electron chi connectivity index (χ4n) is 5.75. The number of nitrogens with zero attached hydrogens (tertiary/aromatic N) is 3. The normalized spacial score (nSPS) is 32.5. The van der Waals surface area contributed by atoms with Crippen LogP contribution in [-0.4, -0.2) is 115 Å². The summed E-state index contributed by atoms with van der Waals surface area (Å²) in [7, 11) is 4.56. The highest BCUT2D eigenvalue weighted by molar-refractivity contribution is 8.04. The Morgan fingerprint density at radius 1 is 1.16 bits per heavy atom. The topological polar surface area (TPSA) is 103 Å². The van der Waals surface area contributed by atoms with Gasteiger partial charge in [0.25, 0.3) is 5.91 Å². The van der Waals surface area contributed by atoms with Gasteiger partial charge in [-0.25, -0.2) is 9.69 Å². The number of carbonyl (C=O) groups excluding carboxylic acids is 3. The summed E-state index contributed by atoms with van der Waals surface area (Å²) < 4.78 is 5.82. The maximum Gasteiger partial charge on any atom is 0.413 e. The standard InChI is InChI=1S/C25H42N6O4S2/c1-5-7-14-31(4)15-8-18-19(24(31)30-12-10-29(3)11-13-30)26-23(37-18)21(33)27-22-17(9-16-36-22)20(32)28-25(34)35-6-2/h17,22-24,26H,5-16H2,1-4H3,(H-,27,28,32,33,34)/p+1. The Hall–Kier alpha value is -1.47. The average molecular weight is 556 g/mol. The van der Waals surface area contributed by atoms with Gasteiger partial charge in [0.15, 0.2) is 11.5 Å². The summed E-state index contributed by atoms with van der Waals surface area (Å²) in [6.07, 6.45) is 3.45. The second-order valence-electron chi connectivity index (χ2n) is 10.6. The fraction of sp³-hybridized carbons (Fsp3) is 0.800. The number of alkyl carbamates (subject to hydrolysis) is 1. The number of rotatable bonds is 8. The van der Waals surface area contributed by atoms with Gasteiger partial charge in [-0.15, -0.1) is 11.8 Å². The minimum absolute atomic E-state index is 0.104. The Kier molecular flexibility index (Phi) is 9.71. The molecule has 0 aromatic rings. The van der Waals surface area contributed by atoms with Gasteiger partial charge in [0.05, 0.1) is 43.7 Å². The highest BCUT2D eigenvalue weighted by Gasteiger charge is 2.49. The molecule has 0 aliphatic carbocycles. The lowest BCUT2D eigenvalue weighted by Gasteiger charge is -2.50. The molecule has 37 heavy (non-hydrogen) atoms. The van der Waals surface area contributed by atoms with Gasteiger partial charge < -0.3 is 24.8 Å². The van der Waals surface area contributed by atoms with Gasteiger partial charge >= 0.3 is 6.09 Å². The Morgan fingerprint density at radius 2 is 1.92 bits per heavy atom. The van der Waals surface area contributed by atoms with Crippen LogP contribution in [-0.2, 0) is 14.3 Å². The molecule has 0 bridgehead atoms. The van der Waals surface area contributed by atoms with Crippen molar-refractivity contribution in [3.63, 3.8) is 0 Å².